The molecule has 0 aliphatic rings. The molecule has 2 amide bonds. The predicted molar refractivity (Wildman–Crippen MR) is 49.3 cm³/mol. The molecule has 0 aromatic heterocycles. The average molecular weight is 187 g/mol. The SMILES string of the molecule is CCCN(C(=O)CC)C(=O)OCC. The number of hydrogen-bond acceptors (Lipinski definition) is 3. The second-order valence-corrected chi connectivity index (χ2v) is 2.60. The van der Waals surface area contributed by atoms with Gasteiger partial charge in [-0.3, -0.25) is 4.79 Å². The summed E-state index contributed by atoms with van der Waals surface area (Å²) in [5, 5.41) is 0. The summed E-state index contributed by atoms with van der Waals surface area (Å²) in [5.74, 6) is -0.180. The Labute approximate surface area is 78.9 Å². The van der Waals surface area contributed by atoms with E-state index in [1.807, 2.05) is 6.92 Å². The molecule has 0 aromatic carbocycles. The highest BCUT2D eigenvalue weighted by Crippen LogP contribution is 1.99. The average Bonchev–Trinajstić information content (AvgIpc) is 2.13. The normalized spacial score (nSPS) is 9.46. The molecular formula is C9H17NO3. The van der Waals surface area contributed by atoms with E-state index in [1.54, 1.807) is 13.8 Å². The maximum Gasteiger partial charge on any atom is 0.416 e. The fourth-order valence-corrected chi connectivity index (χ4v) is 0.934. The van der Waals surface area contributed by atoms with E-state index in [9.17, 15) is 9.59 Å². The molecule has 0 heterocycles. The van der Waals surface area contributed by atoms with Gasteiger partial charge in [0.25, 0.3) is 0 Å². The van der Waals surface area contributed by atoms with Crippen LogP contribution in [0.4, 0.5) is 4.79 Å². The predicted octanol–water partition coefficient (Wildman–Crippen LogP) is 1.79. The molecule has 13 heavy (non-hydrogen) atoms. The quantitative estimate of drug-likeness (QED) is 0.674. The second kappa shape index (κ2) is 6.46. The van der Waals surface area contributed by atoms with Gasteiger partial charge in [0.2, 0.25) is 5.91 Å². The summed E-state index contributed by atoms with van der Waals surface area (Å²) in [7, 11) is 0. The van der Waals surface area contributed by atoms with Gasteiger partial charge < -0.3 is 4.74 Å². The van der Waals surface area contributed by atoms with Gasteiger partial charge in [-0.05, 0) is 13.3 Å². The highest BCUT2D eigenvalue weighted by atomic mass is 16.6. The van der Waals surface area contributed by atoms with Crippen LogP contribution in [0.25, 0.3) is 0 Å². The Kier molecular flexibility index (Phi) is 5.93. The lowest BCUT2D eigenvalue weighted by molar-refractivity contribution is -0.129. The Hall–Kier alpha value is -1.06. The zero-order valence-electron chi connectivity index (χ0n) is 8.50. The minimum absolute atomic E-state index is 0.180. The number of amides is 2. The van der Waals surface area contributed by atoms with Gasteiger partial charge in [-0.1, -0.05) is 13.8 Å². The Morgan fingerprint density at radius 1 is 1.23 bits per heavy atom. The smallest absolute Gasteiger partial charge is 0.416 e. The van der Waals surface area contributed by atoms with Gasteiger partial charge in [0.1, 0.15) is 0 Å². The van der Waals surface area contributed by atoms with Crippen LogP contribution in [0, 0.1) is 0 Å². The van der Waals surface area contributed by atoms with E-state index in [0.717, 1.165) is 11.3 Å². The van der Waals surface area contributed by atoms with Crippen molar-refractivity contribution in [1.82, 2.24) is 4.90 Å². The van der Waals surface area contributed by atoms with Crippen LogP contribution in [-0.4, -0.2) is 30.1 Å². The molecule has 0 unspecified atom stereocenters. The Balaban J connectivity index is 4.22. The Morgan fingerprint density at radius 2 is 1.85 bits per heavy atom. The first-order chi connectivity index (χ1) is 6.17. The summed E-state index contributed by atoms with van der Waals surface area (Å²) in [6.07, 6.45) is 0.555. The lowest BCUT2D eigenvalue weighted by Gasteiger charge is -2.18. The van der Waals surface area contributed by atoms with Crippen LogP contribution >= 0.6 is 0 Å². The fraction of sp³-hybridized carbons (Fsp3) is 0.778. The van der Waals surface area contributed by atoms with Crippen LogP contribution in [-0.2, 0) is 9.53 Å². The molecule has 0 radical (unpaired) electrons. The standard InChI is InChI=1S/C9H17NO3/c1-4-7-10(8(11)5-2)9(12)13-6-3/h4-7H2,1-3H3. The molecule has 0 saturated carbocycles. The van der Waals surface area contributed by atoms with E-state index in [0.29, 0.717) is 19.6 Å². The molecule has 0 aliphatic carbocycles. The minimum atomic E-state index is -0.531. The zero-order valence-corrected chi connectivity index (χ0v) is 8.50. The molecule has 0 N–H and O–H groups in total. The molecule has 0 spiro atoms. The molecule has 76 valence electrons. The summed E-state index contributed by atoms with van der Waals surface area (Å²) in [6, 6.07) is 0. The topological polar surface area (TPSA) is 46.6 Å². The number of hydrogen-bond donors (Lipinski definition) is 0. The number of carbonyl (C=O) groups excluding carboxylic acids is 2. The lowest BCUT2D eigenvalue weighted by Crippen LogP contribution is -2.37. The van der Waals surface area contributed by atoms with E-state index in [-0.39, 0.29) is 5.91 Å². The van der Waals surface area contributed by atoms with Crippen molar-refractivity contribution in [2.45, 2.75) is 33.6 Å². The Morgan fingerprint density at radius 3 is 2.23 bits per heavy atom. The maximum absolute atomic E-state index is 11.2. The van der Waals surface area contributed by atoms with Crippen molar-refractivity contribution in [3.05, 3.63) is 0 Å². The molecule has 0 atom stereocenters. The summed E-state index contributed by atoms with van der Waals surface area (Å²) in [6.45, 7) is 6.10. The lowest BCUT2D eigenvalue weighted by atomic mass is 10.3. The van der Waals surface area contributed by atoms with Crippen molar-refractivity contribution in [2.75, 3.05) is 13.2 Å². The molecule has 0 aliphatic heterocycles. The van der Waals surface area contributed by atoms with Crippen molar-refractivity contribution in [2.24, 2.45) is 0 Å². The summed E-state index contributed by atoms with van der Waals surface area (Å²) >= 11 is 0. The van der Waals surface area contributed by atoms with Crippen molar-refractivity contribution in [3.63, 3.8) is 0 Å². The van der Waals surface area contributed by atoms with E-state index >= 15 is 0 Å². The fourth-order valence-electron chi connectivity index (χ4n) is 0.934. The van der Waals surface area contributed by atoms with Gasteiger partial charge in [0, 0.05) is 13.0 Å². The maximum atomic E-state index is 11.2. The van der Waals surface area contributed by atoms with Gasteiger partial charge in [0.15, 0.2) is 0 Å². The minimum Gasteiger partial charge on any atom is -0.449 e. The monoisotopic (exact) mass is 187 g/mol. The van der Waals surface area contributed by atoms with Crippen LogP contribution in [0.1, 0.15) is 33.6 Å². The van der Waals surface area contributed by atoms with Crippen LogP contribution in [0.5, 0.6) is 0 Å². The van der Waals surface area contributed by atoms with Crippen LogP contribution in [0.3, 0.4) is 0 Å². The molecule has 0 fully saturated rings. The van der Waals surface area contributed by atoms with Gasteiger partial charge in [-0.2, -0.15) is 0 Å². The van der Waals surface area contributed by atoms with E-state index in [1.165, 1.54) is 0 Å². The highest BCUT2D eigenvalue weighted by Gasteiger charge is 2.19. The number of rotatable bonds is 4. The summed E-state index contributed by atoms with van der Waals surface area (Å²) < 4.78 is 4.75. The molecule has 0 rings (SSSR count). The molecule has 0 aromatic rings. The van der Waals surface area contributed by atoms with Crippen LogP contribution in [0.2, 0.25) is 0 Å². The van der Waals surface area contributed by atoms with E-state index in [2.05, 4.69) is 0 Å². The van der Waals surface area contributed by atoms with Gasteiger partial charge in [-0.25, -0.2) is 9.69 Å². The third-order valence-electron chi connectivity index (χ3n) is 1.54. The van der Waals surface area contributed by atoms with Crippen molar-refractivity contribution < 1.29 is 14.3 Å². The second-order valence-electron chi connectivity index (χ2n) is 2.60. The van der Waals surface area contributed by atoms with Crippen molar-refractivity contribution in [1.29, 1.82) is 0 Å². The molecule has 4 heteroatoms. The molecule has 0 bridgehead atoms. The molecule has 4 nitrogen and oxygen atoms in total. The van der Waals surface area contributed by atoms with E-state index in [4.69, 9.17) is 4.74 Å². The number of imide groups is 1. The summed E-state index contributed by atoms with van der Waals surface area (Å²) in [5.41, 5.74) is 0. The molecule has 0 saturated heterocycles. The third-order valence-corrected chi connectivity index (χ3v) is 1.54. The summed E-state index contributed by atoms with van der Waals surface area (Å²) in [4.78, 5) is 23.6. The largest absolute Gasteiger partial charge is 0.449 e. The Bertz CT molecular complexity index is 180. The highest BCUT2D eigenvalue weighted by molar-refractivity contribution is 5.91. The van der Waals surface area contributed by atoms with E-state index < -0.39 is 6.09 Å². The number of carbonyl (C=O) groups is 2. The zero-order chi connectivity index (χ0) is 10.3. The van der Waals surface area contributed by atoms with Gasteiger partial charge in [-0.15, -0.1) is 0 Å². The van der Waals surface area contributed by atoms with Crippen molar-refractivity contribution >= 4 is 12.0 Å². The molecular weight excluding hydrogens is 170 g/mol. The first kappa shape index (κ1) is 11.9. The van der Waals surface area contributed by atoms with Gasteiger partial charge >= 0.3 is 6.09 Å². The van der Waals surface area contributed by atoms with Crippen LogP contribution < -0.4 is 0 Å². The number of nitrogens with zero attached hydrogens (tertiary/aromatic N) is 1. The number of ether oxygens (including phenoxy) is 1. The van der Waals surface area contributed by atoms with Crippen molar-refractivity contribution in [3.8, 4) is 0 Å². The van der Waals surface area contributed by atoms with Gasteiger partial charge in [0.05, 0.1) is 6.61 Å². The third kappa shape index (κ3) is 3.92. The van der Waals surface area contributed by atoms with Crippen LogP contribution in [0.15, 0.2) is 0 Å². The first-order valence-electron chi connectivity index (χ1n) is 4.64. The first-order valence-corrected chi connectivity index (χ1v) is 4.64.